The fourth-order valence-electron chi connectivity index (χ4n) is 2.17. The number of benzene rings is 2. The Morgan fingerprint density at radius 3 is 2.30 bits per heavy atom. The van der Waals surface area contributed by atoms with Crippen molar-refractivity contribution >= 4 is 15.9 Å². The van der Waals surface area contributed by atoms with E-state index in [0.717, 1.165) is 21.3 Å². The smallest absolute Gasteiger partial charge is 0.255 e. The molecule has 98 valence electrons. The average Bonchev–Trinajstić information content (AvgIpc) is 2.49. The van der Waals surface area contributed by atoms with Gasteiger partial charge in [0.25, 0.3) is 5.56 Å². The highest BCUT2D eigenvalue weighted by molar-refractivity contribution is 9.10. The molecule has 3 aromatic rings. The Morgan fingerprint density at radius 2 is 1.55 bits per heavy atom. The predicted octanol–water partition coefficient (Wildman–Crippen LogP) is 4.27. The first kappa shape index (κ1) is 12.9. The molecule has 0 aliphatic heterocycles. The Hall–Kier alpha value is -2.13. The molecule has 0 spiro atoms. The normalized spacial score (nSPS) is 10.4. The zero-order chi connectivity index (χ0) is 13.9. The highest BCUT2D eigenvalue weighted by Crippen LogP contribution is 2.32. The topological polar surface area (TPSA) is 22.0 Å². The first-order valence-corrected chi connectivity index (χ1v) is 7.08. The van der Waals surface area contributed by atoms with Gasteiger partial charge in [-0.1, -0.05) is 48.5 Å². The molecule has 0 radical (unpaired) electrons. The van der Waals surface area contributed by atoms with E-state index in [4.69, 9.17) is 0 Å². The van der Waals surface area contributed by atoms with Crippen LogP contribution in [0.3, 0.4) is 0 Å². The minimum atomic E-state index is -0.0431. The molecule has 1 aromatic heterocycles. The third-order valence-electron chi connectivity index (χ3n) is 3.15. The van der Waals surface area contributed by atoms with E-state index in [0.29, 0.717) is 0 Å². The van der Waals surface area contributed by atoms with Crippen LogP contribution in [0.1, 0.15) is 0 Å². The number of pyridine rings is 1. The lowest BCUT2D eigenvalue weighted by atomic mass is 10.1. The molecule has 0 amide bonds. The van der Waals surface area contributed by atoms with Gasteiger partial charge in [-0.25, -0.2) is 0 Å². The molecule has 0 N–H and O–H groups in total. The van der Waals surface area contributed by atoms with Crippen LogP contribution in [-0.4, -0.2) is 4.57 Å². The van der Waals surface area contributed by atoms with E-state index in [-0.39, 0.29) is 5.56 Å². The van der Waals surface area contributed by atoms with Crippen molar-refractivity contribution in [2.75, 3.05) is 0 Å². The highest BCUT2D eigenvalue weighted by Gasteiger charge is 2.09. The first-order valence-electron chi connectivity index (χ1n) is 6.29. The summed E-state index contributed by atoms with van der Waals surface area (Å²) in [5, 5.41) is 0. The van der Waals surface area contributed by atoms with Crippen LogP contribution in [-0.2, 0) is 0 Å². The van der Waals surface area contributed by atoms with Gasteiger partial charge in [0, 0.05) is 16.7 Å². The molecule has 0 unspecified atom stereocenters. The predicted molar refractivity (Wildman–Crippen MR) is 85.2 cm³/mol. The van der Waals surface area contributed by atoms with Crippen molar-refractivity contribution in [3.05, 3.63) is 87.8 Å². The number of halogens is 1. The summed E-state index contributed by atoms with van der Waals surface area (Å²) in [6.07, 6.45) is 1.78. The summed E-state index contributed by atoms with van der Waals surface area (Å²) in [6.45, 7) is 0. The number of hydrogen-bond acceptors (Lipinski definition) is 1. The molecule has 0 fully saturated rings. The minimum absolute atomic E-state index is 0.0431. The largest absolute Gasteiger partial charge is 0.283 e. The van der Waals surface area contributed by atoms with E-state index < -0.39 is 0 Å². The van der Waals surface area contributed by atoms with E-state index in [9.17, 15) is 4.79 Å². The summed E-state index contributed by atoms with van der Waals surface area (Å²) in [7, 11) is 0. The molecular formula is C17H12BrNO. The molecule has 2 aromatic carbocycles. The highest BCUT2D eigenvalue weighted by atomic mass is 79.9. The minimum Gasteiger partial charge on any atom is -0.283 e. The van der Waals surface area contributed by atoms with Gasteiger partial charge in [0.05, 0.1) is 5.69 Å². The summed E-state index contributed by atoms with van der Waals surface area (Å²) in [5.41, 5.74) is 2.99. The summed E-state index contributed by atoms with van der Waals surface area (Å²) in [4.78, 5) is 12.0. The molecule has 0 saturated carbocycles. The van der Waals surface area contributed by atoms with Gasteiger partial charge < -0.3 is 0 Å². The Morgan fingerprint density at radius 1 is 0.800 bits per heavy atom. The second kappa shape index (κ2) is 5.47. The molecular weight excluding hydrogens is 314 g/mol. The maximum Gasteiger partial charge on any atom is 0.255 e. The van der Waals surface area contributed by atoms with E-state index in [2.05, 4.69) is 28.1 Å². The van der Waals surface area contributed by atoms with Crippen molar-refractivity contribution < 1.29 is 0 Å². The Labute approximate surface area is 125 Å². The molecule has 1 heterocycles. The average molecular weight is 326 g/mol. The van der Waals surface area contributed by atoms with Gasteiger partial charge in [0.2, 0.25) is 0 Å². The maximum absolute atomic E-state index is 12.0. The van der Waals surface area contributed by atoms with Crippen LogP contribution in [0.25, 0.3) is 16.8 Å². The summed E-state index contributed by atoms with van der Waals surface area (Å²) in [6, 6.07) is 21.2. The number of nitrogens with zero attached hydrogens (tertiary/aromatic N) is 1. The molecule has 2 nitrogen and oxygen atoms in total. The van der Waals surface area contributed by atoms with Gasteiger partial charge in [0.15, 0.2) is 0 Å². The molecule has 0 saturated heterocycles. The maximum atomic E-state index is 12.0. The van der Waals surface area contributed by atoms with Gasteiger partial charge in [0.1, 0.15) is 0 Å². The van der Waals surface area contributed by atoms with Gasteiger partial charge >= 0.3 is 0 Å². The standard InChI is InChI=1S/C17H12BrNO/c18-17-14(13-7-2-1-3-8-13)9-6-10-15(17)19-12-5-4-11-16(19)20/h1-12H. The summed E-state index contributed by atoms with van der Waals surface area (Å²) >= 11 is 3.63. The summed E-state index contributed by atoms with van der Waals surface area (Å²) < 4.78 is 2.55. The molecule has 0 bridgehead atoms. The van der Waals surface area contributed by atoms with Crippen molar-refractivity contribution in [2.24, 2.45) is 0 Å². The SMILES string of the molecule is O=c1ccccn1-c1cccc(-c2ccccc2)c1Br. The lowest BCUT2D eigenvalue weighted by Crippen LogP contribution is -2.16. The first-order chi connectivity index (χ1) is 9.77. The van der Waals surface area contributed by atoms with E-state index >= 15 is 0 Å². The molecule has 0 aliphatic carbocycles. The van der Waals surface area contributed by atoms with Crippen molar-refractivity contribution in [1.29, 1.82) is 0 Å². The van der Waals surface area contributed by atoms with Crippen molar-refractivity contribution in [2.45, 2.75) is 0 Å². The summed E-state index contributed by atoms with van der Waals surface area (Å²) in [5.74, 6) is 0. The molecule has 3 rings (SSSR count). The van der Waals surface area contributed by atoms with Crippen LogP contribution in [0.4, 0.5) is 0 Å². The van der Waals surface area contributed by atoms with Gasteiger partial charge in [-0.05, 0) is 39.2 Å². The van der Waals surface area contributed by atoms with E-state index in [1.54, 1.807) is 22.9 Å². The monoisotopic (exact) mass is 325 g/mol. The van der Waals surface area contributed by atoms with Crippen LogP contribution in [0.15, 0.2) is 82.2 Å². The lowest BCUT2D eigenvalue weighted by molar-refractivity contribution is 0.985. The van der Waals surface area contributed by atoms with Crippen molar-refractivity contribution in [3.8, 4) is 16.8 Å². The van der Waals surface area contributed by atoms with Crippen molar-refractivity contribution in [1.82, 2.24) is 4.57 Å². The van der Waals surface area contributed by atoms with Crippen LogP contribution in [0.2, 0.25) is 0 Å². The Kier molecular flexibility index (Phi) is 3.52. The van der Waals surface area contributed by atoms with E-state index in [1.807, 2.05) is 42.5 Å². The number of rotatable bonds is 2. The van der Waals surface area contributed by atoms with Gasteiger partial charge in [-0.2, -0.15) is 0 Å². The molecule has 0 atom stereocenters. The third-order valence-corrected chi connectivity index (χ3v) is 3.98. The Balaban J connectivity index is 2.21. The Bertz CT molecular complexity index is 793. The van der Waals surface area contributed by atoms with Crippen LogP contribution in [0.5, 0.6) is 0 Å². The molecule has 0 aliphatic rings. The zero-order valence-electron chi connectivity index (χ0n) is 10.7. The molecule has 20 heavy (non-hydrogen) atoms. The lowest BCUT2D eigenvalue weighted by Gasteiger charge is -2.12. The zero-order valence-corrected chi connectivity index (χ0v) is 12.2. The second-order valence-corrected chi connectivity index (χ2v) is 5.21. The number of hydrogen-bond donors (Lipinski definition) is 0. The third kappa shape index (κ3) is 2.32. The fraction of sp³-hybridized carbons (Fsp3) is 0. The molecule has 3 heteroatoms. The van der Waals surface area contributed by atoms with Crippen molar-refractivity contribution in [3.63, 3.8) is 0 Å². The quantitative estimate of drug-likeness (QED) is 0.689. The van der Waals surface area contributed by atoms with Crippen LogP contribution < -0.4 is 5.56 Å². The number of aromatic nitrogens is 1. The van der Waals surface area contributed by atoms with E-state index in [1.165, 1.54) is 0 Å². The van der Waals surface area contributed by atoms with Gasteiger partial charge in [-0.3, -0.25) is 9.36 Å². The van der Waals surface area contributed by atoms with Gasteiger partial charge in [-0.15, -0.1) is 0 Å². The van der Waals surface area contributed by atoms with Crippen LogP contribution >= 0.6 is 15.9 Å². The second-order valence-electron chi connectivity index (χ2n) is 4.41. The fourth-order valence-corrected chi connectivity index (χ4v) is 2.86. The van der Waals surface area contributed by atoms with Crippen LogP contribution in [0, 0.1) is 0 Å².